The molecule has 0 aliphatic carbocycles. The standard InChI is InChI=1S/C10H20N4/c1-4-14-8-10(6-12-14)7-13(3)9(2)5-11/h6,8-9H,4-5,7,11H2,1-3H3. The number of nitrogens with two attached hydrogens (primary N) is 1. The summed E-state index contributed by atoms with van der Waals surface area (Å²) in [6.45, 7) is 6.75. The van der Waals surface area contributed by atoms with Crippen LogP contribution in [0.4, 0.5) is 0 Å². The van der Waals surface area contributed by atoms with E-state index >= 15 is 0 Å². The first-order valence-corrected chi connectivity index (χ1v) is 5.09. The van der Waals surface area contributed by atoms with Crippen LogP contribution in [0.5, 0.6) is 0 Å². The van der Waals surface area contributed by atoms with Crippen molar-refractivity contribution in [1.29, 1.82) is 0 Å². The van der Waals surface area contributed by atoms with Crippen molar-refractivity contribution in [3.63, 3.8) is 0 Å². The molecule has 0 saturated carbocycles. The molecule has 0 aromatic carbocycles. The fourth-order valence-corrected chi connectivity index (χ4v) is 1.28. The highest BCUT2D eigenvalue weighted by Gasteiger charge is 2.08. The maximum absolute atomic E-state index is 5.60. The van der Waals surface area contributed by atoms with Crippen molar-refractivity contribution in [2.24, 2.45) is 5.73 Å². The zero-order valence-electron chi connectivity index (χ0n) is 9.27. The van der Waals surface area contributed by atoms with Gasteiger partial charge in [-0.15, -0.1) is 0 Å². The second kappa shape index (κ2) is 5.12. The van der Waals surface area contributed by atoms with E-state index in [0.29, 0.717) is 12.6 Å². The van der Waals surface area contributed by atoms with E-state index in [9.17, 15) is 0 Å². The van der Waals surface area contributed by atoms with Crippen LogP contribution in [-0.2, 0) is 13.1 Å². The van der Waals surface area contributed by atoms with Crippen LogP contribution in [-0.4, -0.2) is 34.3 Å². The second-order valence-electron chi connectivity index (χ2n) is 3.70. The summed E-state index contributed by atoms with van der Waals surface area (Å²) in [5.41, 5.74) is 6.84. The Hall–Kier alpha value is -0.870. The zero-order valence-corrected chi connectivity index (χ0v) is 9.27. The number of aromatic nitrogens is 2. The van der Waals surface area contributed by atoms with E-state index in [0.717, 1.165) is 13.1 Å². The molecule has 0 saturated heterocycles. The number of hydrogen-bond donors (Lipinski definition) is 1. The van der Waals surface area contributed by atoms with Gasteiger partial charge in [0.15, 0.2) is 0 Å². The van der Waals surface area contributed by atoms with Crippen LogP contribution in [0.1, 0.15) is 19.4 Å². The van der Waals surface area contributed by atoms with Gasteiger partial charge in [0.1, 0.15) is 0 Å². The van der Waals surface area contributed by atoms with E-state index in [-0.39, 0.29) is 0 Å². The summed E-state index contributed by atoms with van der Waals surface area (Å²) in [4.78, 5) is 2.23. The molecule has 4 nitrogen and oxygen atoms in total. The highest BCUT2D eigenvalue weighted by atomic mass is 15.3. The van der Waals surface area contributed by atoms with Gasteiger partial charge in [-0.2, -0.15) is 5.10 Å². The molecule has 1 rings (SSSR count). The fourth-order valence-electron chi connectivity index (χ4n) is 1.28. The number of hydrogen-bond acceptors (Lipinski definition) is 3. The third kappa shape index (κ3) is 2.82. The molecule has 1 atom stereocenters. The van der Waals surface area contributed by atoms with E-state index in [2.05, 4.69) is 37.1 Å². The first kappa shape index (κ1) is 11.2. The third-order valence-corrected chi connectivity index (χ3v) is 2.54. The summed E-state index contributed by atoms with van der Waals surface area (Å²) < 4.78 is 1.94. The molecule has 14 heavy (non-hydrogen) atoms. The Balaban J connectivity index is 2.51. The minimum Gasteiger partial charge on any atom is -0.329 e. The minimum atomic E-state index is 0.417. The van der Waals surface area contributed by atoms with Crippen molar-refractivity contribution in [3.05, 3.63) is 18.0 Å². The van der Waals surface area contributed by atoms with Crippen LogP contribution in [0, 0.1) is 0 Å². The first-order chi connectivity index (χ1) is 6.67. The average Bonchev–Trinajstić information content (AvgIpc) is 2.64. The van der Waals surface area contributed by atoms with Gasteiger partial charge < -0.3 is 5.73 Å². The van der Waals surface area contributed by atoms with Gasteiger partial charge in [0.2, 0.25) is 0 Å². The van der Waals surface area contributed by atoms with E-state index in [1.165, 1.54) is 5.56 Å². The van der Waals surface area contributed by atoms with Crippen LogP contribution < -0.4 is 5.73 Å². The number of nitrogens with zero attached hydrogens (tertiary/aromatic N) is 3. The van der Waals surface area contributed by atoms with Crippen molar-refractivity contribution in [2.75, 3.05) is 13.6 Å². The Kier molecular flexibility index (Phi) is 4.10. The fraction of sp³-hybridized carbons (Fsp3) is 0.700. The second-order valence-corrected chi connectivity index (χ2v) is 3.70. The molecular formula is C10H20N4. The lowest BCUT2D eigenvalue weighted by Gasteiger charge is -2.22. The lowest BCUT2D eigenvalue weighted by molar-refractivity contribution is 0.254. The van der Waals surface area contributed by atoms with Gasteiger partial charge in [0.05, 0.1) is 6.20 Å². The molecule has 0 spiro atoms. The molecule has 0 aliphatic heterocycles. The van der Waals surface area contributed by atoms with Gasteiger partial charge in [0, 0.05) is 37.4 Å². The van der Waals surface area contributed by atoms with E-state index < -0.39 is 0 Å². The maximum Gasteiger partial charge on any atom is 0.0534 e. The summed E-state index contributed by atoms with van der Waals surface area (Å²) in [5, 5.41) is 4.23. The Bertz CT molecular complexity index is 269. The van der Waals surface area contributed by atoms with Gasteiger partial charge >= 0.3 is 0 Å². The largest absolute Gasteiger partial charge is 0.329 e. The molecule has 2 N–H and O–H groups in total. The molecule has 1 heterocycles. The molecule has 1 aromatic rings. The van der Waals surface area contributed by atoms with E-state index in [4.69, 9.17) is 5.73 Å². The minimum absolute atomic E-state index is 0.417. The van der Waals surface area contributed by atoms with E-state index in [1.807, 2.05) is 10.9 Å². The molecular weight excluding hydrogens is 176 g/mol. The van der Waals surface area contributed by atoms with Crippen LogP contribution in [0.2, 0.25) is 0 Å². The molecule has 0 radical (unpaired) electrons. The molecule has 1 aromatic heterocycles. The van der Waals surface area contributed by atoms with Crippen molar-refractivity contribution in [3.8, 4) is 0 Å². The highest BCUT2D eigenvalue weighted by Crippen LogP contribution is 2.04. The molecule has 0 amide bonds. The summed E-state index contributed by atoms with van der Waals surface area (Å²) in [6.07, 6.45) is 4.00. The predicted molar refractivity (Wildman–Crippen MR) is 57.9 cm³/mol. The predicted octanol–water partition coefficient (Wildman–Crippen LogP) is 0.682. The van der Waals surface area contributed by atoms with Crippen molar-refractivity contribution in [1.82, 2.24) is 14.7 Å². The highest BCUT2D eigenvalue weighted by molar-refractivity contribution is 5.03. The van der Waals surface area contributed by atoms with Crippen LogP contribution in [0.25, 0.3) is 0 Å². The topological polar surface area (TPSA) is 47.1 Å². The molecule has 80 valence electrons. The molecule has 0 aliphatic rings. The summed E-state index contributed by atoms with van der Waals surface area (Å²) in [6, 6.07) is 0.417. The van der Waals surface area contributed by atoms with Crippen LogP contribution in [0.15, 0.2) is 12.4 Å². The average molecular weight is 196 g/mol. The van der Waals surface area contributed by atoms with Crippen molar-refractivity contribution in [2.45, 2.75) is 33.0 Å². The van der Waals surface area contributed by atoms with Gasteiger partial charge in [-0.1, -0.05) is 0 Å². The quantitative estimate of drug-likeness (QED) is 0.753. The van der Waals surface area contributed by atoms with Gasteiger partial charge in [0.25, 0.3) is 0 Å². The first-order valence-electron chi connectivity index (χ1n) is 5.09. The van der Waals surface area contributed by atoms with Crippen molar-refractivity contribution >= 4 is 0 Å². The Morgan fingerprint density at radius 3 is 2.86 bits per heavy atom. The van der Waals surface area contributed by atoms with Gasteiger partial charge in [-0.05, 0) is 20.9 Å². The maximum atomic E-state index is 5.60. The lowest BCUT2D eigenvalue weighted by atomic mass is 10.2. The normalized spacial score (nSPS) is 13.5. The molecule has 0 bridgehead atoms. The van der Waals surface area contributed by atoms with Crippen LogP contribution >= 0.6 is 0 Å². The SMILES string of the molecule is CCn1cc(CN(C)C(C)CN)cn1. The third-order valence-electron chi connectivity index (χ3n) is 2.54. The summed E-state index contributed by atoms with van der Waals surface area (Å²) >= 11 is 0. The molecule has 1 unspecified atom stereocenters. The monoisotopic (exact) mass is 196 g/mol. The van der Waals surface area contributed by atoms with E-state index in [1.54, 1.807) is 0 Å². The smallest absolute Gasteiger partial charge is 0.0534 e. The number of aryl methyl sites for hydroxylation is 1. The Labute approximate surface area is 85.7 Å². The van der Waals surface area contributed by atoms with Gasteiger partial charge in [-0.25, -0.2) is 0 Å². The zero-order chi connectivity index (χ0) is 10.6. The summed E-state index contributed by atoms with van der Waals surface area (Å²) in [7, 11) is 2.08. The lowest BCUT2D eigenvalue weighted by Crippen LogP contribution is -2.34. The number of likely N-dealkylation sites (N-methyl/N-ethyl adjacent to an activating group) is 1. The van der Waals surface area contributed by atoms with Gasteiger partial charge in [-0.3, -0.25) is 9.58 Å². The molecule has 4 heteroatoms. The Morgan fingerprint density at radius 2 is 2.36 bits per heavy atom. The number of rotatable bonds is 5. The molecule has 0 fully saturated rings. The van der Waals surface area contributed by atoms with Crippen molar-refractivity contribution < 1.29 is 0 Å². The Morgan fingerprint density at radius 1 is 1.64 bits per heavy atom. The summed E-state index contributed by atoms with van der Waals surface area (Å²) in [5.74, 6) is 0. The van der Waals surface area contributed by atoms with Crippen LogP contribution in [0.3, 0.4) is 0 Å².